The highest BCUT2D eigenvalue weighted by molar-refractivity contribution is 7.88. The third kappa shape index (κ3) is 8.22. The maximum Gasteiger partial charge on any atom is 0.490 e. The van der Waals surface area contributed by atoms with Crippen molar-refractivity contribution >= 4 is 22.0 Å². The van der Waals surface area contributed by atoms with Crippen molar-refractivity contribution in [3.63, 3.8) is 0 Å². The molecule has 1 aromatic carbocycles. The number of aliphatic carboxylic acids is 2. The molecule has 0 amide bonds. The van der Waals surface area contributed by atoms with Crippen LogP contribution in [0, 0.1) is 5.92 Å². The number of alkyl halides is 6. The number of aromatic nitrogens is 2. The van der Waals surface area contributed by atoms with Crippen molar-refractivity contribution in [2.24, 2.45) is 5.92 Å². The number of nitrogens with zero attached hydrogens (tertiary/aromatic N) is 4. The molecule has 1 aliphatic carbocycles. The molecule has 1 aromatic heterocycles. The van der Waals surface area contributed by atoms with Crippen LogP contribution in [0.1, 0.15) is 31.5 Å². The van der Waals surface area contributed by atoms with Gasteiger partial charge in [-0.2, -0.15) is 30.6 Å². The number of piperidine rings is 1. The fraction of sp³-hybridized carbons (Fsp3) is 0.560. The summed E-state index contributed by atoms with van der Waals surface area (Å²) in [4.78, 5) is 25.1. The van der Waals surface area contributed by atoms with Crippen molar-refractivity contribution in [1.29, 1.82) is 0 Å². The van der Waals surface area contributed by atoms with E-state index in [1.165, 1.54) is 25.6 Å². The van der Waals surface area contributed by atoms with E-state index in [9.17, 15) is 34.8 Å². The number of benzene rings is 1. The number of carboxylic acid groups (broad SMARTS) is 2. The summed E-state index contributed by atoms with van der Waals surface area (Å²) in [5.74, 6) is -3.73. The van der Waals surface area contributed by atoms with Crippen LogP contribution in [0.25, 0.3) is 11.3 Å². The zero-order valence-electron chi connectivity index (χ0n) is 22.4. The molecule has 2 N–H and O–H groups in total. The van der Waals surface area contributed by atoms with Gasteiger partial charge in [0.25, 0.3) is 0 Å². The topological polar surface area (TPSA) is 133 Å². The summed E-state index contributed by atoms with van der Waals surface area (Å²) in [7, 11) is -3.30. The Bertz CT molecular complexity index is 1330. The highest BCUT2D eigenvalue weighted by Gasteiger charge is 2.51. The van der Waals surface area contributed by atoms with Gasteiger partial charge in [-0.15, -0.1) is 0 Å². The largest absolute Gasteiger partial charge is 0.490 e. The van der Waals surface area contributed by atoms with Gasteiger partial charge in [-0.05, 0) is 37.2 Å². The maximum atomic E-state index is 12.7. The smallest absolute Gasteiger partial charge is 0.475 e. The highest BCUT2D eigenvalue weighted by Crippen LogP contribution is 2.44. The Morgan fingerprint density at radius 1 is 0.929 bits per heavy atom. The molecular formula is C25H30F6N4O6S. The second-order valence-corrected chi connectivity index (χ2v) is 12.1. The number of halogens is 6. The van der Waals surface area contributed by atoms with Crippen molar-refractivity contribution in [3.8, 4) is 11.3 Å². The molecule has 234 valence electrons. The average molecular weight is 629 g/mol. The summed E-state index contributed by atoms with van der Waals surface area (Å²) in [6.07, 6.45) is -2.56. The van der Waals surface area contributed by atoms with Gasteiger partial charge in [-0.3, -0.25) is 0 Å². The van der Waals surface area contributed by atoms with E-state index in [-0.39, 0.29) is 0 Å². The van der Waals surface area contributed by atoms with Crippen LogP contribution in [0.4, 0.5) is 26.3 Å². The second kappa shape index (κ2) is 12.6. The van der Waals surface area contributed by atoms with Crippen molar-refractivity contribution < 1.29 is 54.6 Å². The van der Waals surface area contributed by atoms with E-state index in [1.54, 1.807) is 4.31 Å². The Morgan fingerprint density at radius 3 is 1.86 bits per heavy atom. The van der Waals surface area contributed by atoms with Gasteiger partial charge in [0.05, 0.1) is 23.7 Å². The Labute approximate surface area is 237 Å². The van der Waals surface area contributed by atoms with Crippen LogP contribution in [0.15, 0.2) is 36.5 Å². The lowest BCUT2D eigenvalue weighted by molar-refractivity contribution is -0.193. The third-order valence-electron chi connectivity index (χ3n) is 7.13. The van der Waals surface area contributed by atoms with Crippen LogP contribution in [0.5, 0.6) is 0 Å². The Morgan fingerprint density at radius 2 is 1.43 bits per heavy atom. The van der Waals surface area contributed by atoms with Gasteiger partial charge in [0.2, 0.25) is 10.0 Å². The first-order valence-electron chi connectivity index (χ1n) is 12.8. The summed E-state index contributed by atoms with van der Waals surface area (Å²) >= 11 is 0. The number of sulfonamides is 1. The normalized spacial score (nSPS) is 19.1. The molecule has 0 radical (unpaired) electrons. The van der Waals surface area contributed by atoms with Crippen LogP contribution in [0.2, 0.25) is 0 Å². The van der Waals surface area contributed by atoms with Crippen LogP contribution < -0.4 is 0 Å². The van der Waals surface area contributed by atoms with E-state index in [4.69, 9.17) is 24.8 Å². The molecular weight excluding hydrogens is 598 g/mol. The molecule has 2 aliphatic heterocycles. The molecule has 1 saturated carbocycles. The lowest BCUT2D eigenvalue weighted by Gasteiger charge is -2.49. The number of imidazole rings is 1. The van der Waals surface area contributed by atoms with Gasteiger partial charge < -0.3 is 19.7 Å². The summed E-state index contributed by atoms with van der Waals surface area (Å²) in [5, 5.41) is 14.2. The zero-order valence-corrected chi connectivity index (χ0v) is 23.2. The number of hydrogen-bond donors (Lipinski definition) is 2. The number of carbonyl (C=O) groups is 2. The lowest BCUT2D eigenvalue weighted by Crippen LogP contribution is -2.59. The van der Waals surface area contributed by atoms with Gasteiger partial charge in [0, 0.05) is 32.7 Å². The summed E-state index contributed by atoms with van der Waals surface area (Å²) < 4.78 is 92.9. The molecule has 2 fully saturated rings. The molecule has 17 heteroatoms. The minimum absolute atomic E-state index is 0.515. The monoisotopic (exact) mass is 628 g/mol. The van der Waals surface area contributed by atoms with Crippen LogP contribution >= 0.6 is 0 Å². The lowest BCUT2D eigenvalue weighted by atomic mass is 9.85. The third-order valence-corrected chi connectivity index (χ3v) is 8.46. The summed E-state index contributed by atoms with van der Waals surface area (Å²) in [6, 6.07) is 10.3. The highest BCUT2D eigenvalue weighted by atomic mass is 32.2. The predicted octanol–water partition coefficient (Wildman–Crippen LogP) is 3.79. The van der Waals surface area contributed by atoms with Gasteiger partial charge in [-0.1, -0.05) is 30.3 Å². The van der Waals surface area contributed by atoms with Gasteiger partial charge >= 0.3 is 24.3 Å². The summed E-state index contributed by atoms with van der Waals surface area (Å²) in [5.41, 5.74) is 1.71. The SMILES string of the molecule is CS(=O)(=O)N1CCn2c(-c3ccccc3)cnc2C12CCN(CC1CC1)CC2.O=C(O)C(F)(F)F.O=C(O)C(F)(F)F. The molecule has 1 spiro atoms. The molecule has 0 atom stereocenters. The molecule has 2 aromatic rings. The van der Waals surface area contributed by atoms with Crippen LogP contribution in [0.3, 0.4) is 0 Å². The molecule has 1 saturated heterocycles. The number of fused-ring (bicyclic) bond motifs is 2. The van der Waals surface area contributed by atoms with Crippen molar-refractivity contribution in [2.45, 2.75) is 50.1 Å². The van der Waals surface area contributed by atoms with Crippen LogP contribution in [-0.4, -0.2) is 94.1 Å². The minimum atomic E-state index is -5.08. The fourth-order valence-electron chi connectivity index (χ4n) is 5.06. The van der Waals surface area contributed by atoms with Crippen LogP contribution in [-0.2, 0) is 31.7 Å². The second-order valence-electron chi connectivity index (χ2n) is 10.2. The number of carboxylic acids is 2. The van der Waals surface area contributed by atoms with Crippen molar-refractivity contribution in [2.75, 3.05) is 32.4 Å². The minimum Gasteiger partial charge on any atom is -0.475 e. The fourth-order valence-corrected chi connectivity index (χ4v) is 6.37. The maximum absolute atomic E-state index is 12.7. The Hall–Kier alpha value is -3.18. The molecule has 42 heavy (non-hydrogen) atoms. The molecule has 5 rings (SSSR count). The van der Waals surface area contributed by atoms with Gasteiger partial charge in [0.1, 0.15) is 5.82 Å². The molecule has 0 bridgehead atoms. The first-order valence-corrected chi connectivity index (χ1v) is 14.6. The van der Waals surface area contributed by atoms with Gasteiger partial charge in [0.15, 0.2) is 0 Å². The van der Waals surface area contributed by atoms with E-state index in [1.807, 2.05) is 24.4 Å². The molecule has 3 heterocycles. The Balaban J connectivity index is 0.000000289. The Kier molecular flexibility index (Phi) is 9.99. The van der Waals surface area contributed by atoms with Crippen molar-refractivity contribution in [3.05, 3.63) is 42.4 Å². The van der Waals surface area contributed by atoms with Gasteiger partial charge in [-0.25, -0.2) is 23.0 Å². The molecule has 0 unspecified atom stereocenters. The van der Waals surface area contributed by atoms with E-state index >= 15 is 0 Å². The van der Waals surface area contributed by atoms with E-state index in [2.05, 4.69) is 21.6 Å². The molecule has 3 aliphatic rings. The first-order chi connectivity index (χ1) is 19.4. The predicted molar refractivity (Wildman–Crippen MR) is 137 cm³/mol. The number of hydrogen-bond acceptors (Lipinski definition) is 6. The van der Waals surface area contributed by atoms with E-state index < -0.39 is 39.9 Å². The van der Waals surface area contributed by atoms with E-state index in [0.29, 0.717) is 13.1 Å². The quantitative estimate of drug-likeness (QED) is 0.489. The number of rotatable bonds is 4. The average Bonchev–Trinajstić information content (AvgIpc) is 3.59. The first kappa shape index (κ1) is 33.3. The zero-order chi connectivity index (χ0) is 31.5. The van der Waals surface area contributed by atoms with Crippen molar-refractivity contribution in [1.82, 2.24) is 18.8 Å². The molecule has 10 nitrogen and oxygen atoms in total. The standard InChI is InChI=1S/C21H28N4O2S.2C2HF3O2/c1-28(26,27)25-14-13-24-19(18-5-3-2-4-6-18)15-22-20(24)21(25)9-11-23(12-10-21)16-17-7-8-17;2*3-2(4,5)1(6)7/h2-6,15,17H,7-14,16H2,1H3;2*(H,6,7). The number of likely N-dealkylation sites (tertiary alicyclic amines) is 1. The van der Waals surface area contributed by atoms with E-state index in [0.717, 1.165) is 48.9 Å². The summed E-state index contributed by atoms with van der Waals surface area (Å²) in [6.45, 7) is 4.22.